The van der Waals surface area contributed by atoms with Crippen LogP contribution >= 0.6 is 0 Å². The quantitative estimate of drug-likeness (QED) is 0.652. The number of hydrogen-bond acceptors (Lipinski definition) is 3. The van der Waals surface area contributed by atoms with Crippen molar-refractivity contribution >= 4 is 11.8 Å². The van der Waals surface area contributed by atoms with Gasteiger partial charge in [-0.15, -0.1) is 0 Å². The van der Waals surface area contributed by atoms with E-state index in [-0.39, 0.29) is 18.4 Å². The zero-order chi connectivity index (χ0) is 14.1. The number of carbonyl (C=O) groups is 2. The lowest BCUT2D eigenvalue weighted by Gasteiger charge is -2.07. The van der Waals surface area contributed by atoms with Crippen LogP contribution in [0.4, 0.5) is 0 Å². The third-order valence-corrected chi connectivity index (χ3v) is 2.32. The topological polar surface area (TPSA) is 84.2 Å². The fourth-order valence-electron chi connectivity index (χ4n) is 1.40. The van der Waals surface area contributed by atoms with Gasteiger partial charge in [0.05, 0.1) is 13.1 Å². The average Bonchev–Trinajstić information content (AvgIpc) is 2.41. The Morgan fingerprint density at radius 2 is 2.00 bits per heavy atom. The molecule has 5 nitrogen and oxygen atoms in total. The van der Waals surface area contributed by atoms with Crippen molar-refractivity contribution in [3.05, 3.63) is 35.4 Å². The SMILES string of the molecule is CC(=O)NCC(=O)NCc1ccccc1C#CCN. The number of rotatable bonds is 4. The first-order valence-corrected chi connectivity index (χ1v) is 5.91. The van der Waals surface area contributed by atoms with Crippen LogP contribution in [0.5, 0.6) is 0 Å². The highest BCUT2D eigenvalue weighted by molar-refractivity contribution is 5.83. The van der Waals surface area contributed by atoms with E-state index in [1.165, 1.54) is 6.92 Å². The van der Waals surface area contributed by atoms with Gasteiger partial charge in [0.2, 0.25) is 11.8 Å². The highest BCUT2D eigenvalue weighted by Crippen LogP contribution is 2.06. The largest absolute Gasteiger partial charge is 0.350 e. The first-order valence-electron chi connectivity index (χ1n) is 5.91. The molecule has 0 saturated carbocycles. The molecule has 0 fully saturated rings. The predicted molar refractivity (Wildman–Crippen MR) is 72.9 cm³/mol. The zero-order valence-electron chi connectivity index (χ0n) is 10.8. The van der Waals surface area contributed by atoms with Crippen molar-refractivity contribution in [3.63, 3.8) is 0 Å². The molecule has 0 heterocycles. The average molecular weight is 259 g/mol. The van der Waals surface area contributed by atoms with Crippen LogP contribution in [0.3, 0.4) is 0 Å². The Hall–Kier alpha value is -2.32. The van der Waals surface area contributed by atoms with E-state index in [2.05, 4.69) is 22.5 Å². The molecule has 0 saturated heterocycles. The van der Waals surface area contributed by atoms with Crippen molar-refractivity contribution in [3.8, 4) is 11.8 Å². The molecule has 100 valence electrons. The lowest BCUT2D eigenvalue weighted by molar-refractivity contribution is -0.125. The third-order valence-electron chi connectivity index (χ3n) is 2.32. The van der Waals surface area contributed by atoms with Gasteiger partial charge in [0.1, 0.15) is 0 Å². The summed E-state index contributed by atoms with van der Waals surface area (Å²) in [7, 11) is 0. The van der Waals surface area contributed by atoms with Gasteiger partial charge >= 0.3 is 0 Å². The number of nitrogens with two attached hydrogens (primary N) is 1. The smallest absolute Gasteiger partial charge is 0.239 e. The fraction of sp³-hybridized carbons (Fsp3) is 0.286. The van der Waals surface area contributed by atoms with Crippen LogP contribution in [0.15, 0.2) is 24.3 Å². The molecular formula is C14H17N3O2. The maximum absolute atomic E-state index is 11.5. The van der Waals surface area contributed by atoms with Crippen molar-refractivity contribution in [1.29, 1.82) is 0 Å². The number of carbonyl (C=O) groups excluding carboxylic acids is 2. The van der Waals surface area contributed by atoms with Gasteiger partial charge in [0.25, 0.3) is 0 Å². The van der Waals surface area contributed by atoms with E-state index in [0.717, 1.165) is 11.1 Å². The molecule has 0 atom stereocenters. The Labute approximate surface area is 112 Å². The van der Waals surface area contributed by atoms with E-state index in [1.54, 1.807) is 0 Å². The second-order valence-electron chi connectivity index (χ2n) is 3.85. The minimum absolute atomic E-state index is 0.0218. The van der Waals surface area contributed by atoms with Gasteiger partial charge in [-0.25, -0.2) is 0 Å². The molecule has 1 aromatic carbocycles. The van der Waals surface area contributed by atoms with Crippen molar-refractivity contribution in [2.24, 2.45) is 5.73 Å². The molecule has 0 spiro atoms. The molecule has 0 aliphatic carbocycles. The summed E-state index contributed by atoms with van der Waals surface area (Å²) in [6, 6.07) is 7.52. The summed E-state index contributed by atoms with van der Waals surface area (Å²) < 4.78 is 0. The Balaban J connectivity index is 2.57. The van der Waals surface area contributed by atoms with Crippen LogP contribution < -0.4 is 16.4 Å². The van der Waals surface area contributed by atoms with Crippen molar-refractivity contribution in [2.45, 2.75) is 13.5 Å². The van der Waals surface area contributed by atoms with Gasteiger partial charge in [0, 0.05) is 19.0 Å². The normalized spacial score (nSPS) is 9.16. The lowest BCUT2D eigenvalue weighted by Crippen LogP contribution is -2.35. The van der Waals surface area contributed by atoms with E-state index >= 15 is 0 Å². The maximum atomic E-state index is 11.5. The summed E-state index contributed by atoms with van der Waals surface area (Å²) in [5.41, 5.74) is 7.09. The summed E-state index contributed by atoms with van der Waals surface area (Å²) >= 11 is 0. The minimum atomic E-state index is -0.239. The zero-order valence-corrected chi connectivity index (χ0v) is 10.8. The summed E-state index contributed by atoms with van der Waals surface area (Å²) in [6.45, 7) is 2.01. The Morgan fingerprint density at radius 3 is 2.68 bits per heavy atom. The molecule has 0 aliphatic heterocycles. The standard InChI is InChI=1S/C14H17N3O2/c1-11(18)16-10-14(19)17-9-13-6-3-2-5-12(13)7-4-8-15/h2-3,5-6H,8-10,15H2,1H3,(H,16,18)(H,17,19). The minimum Gasteiger partial charge on any atom is -0.350 e. The van der Waals surface area contributed by atoms with E-state index in [0.29, 0.717) is 13.1 Å². The molecule has 19 heavy (non-hydrogen) atoms. The van der Waals surface area contributed by atoms with Crippen LogP contribution in [0.1, 0.15) is 18.1 Å². The van der Waals surface area contributed by atoms with Gasteiger partial charge in [-0.2, -0.15) is 0 Å². The molecule has 1 aromatic rings. The van der Waals surface area contributed by atoms with E-state index in [1.807, 2.05) is 24.3 Å². The van der Waals surface area contributed by atoms with Crippen LogP contribution in [0.2, 0.25) is 0 Å². The molecule has 5 heteroatoms. The van der Waals surface area contributed by atoms with Gasteiger partial charge in [-0.3, -0.25) is 9.59 Å². The van der Waals surface area contributed by atoms with Crippen LogP contribution in [-0.4, -0.2) is 24.9 Å². The van der Waals surface area contributed by atoms with E-state index in [4.69, 9.17) is 5.73 Å². The molecule has 0 radical (unpaired) electrons. The van der Waals surface area contributed by atoms with E-state index in [9.17, 15) is 9.59 Å². The number of hydrogen-bond donors (Lipinski definition) is 3. The van der Waals surface area contributed by atoms with Gasteiger partial charge in [-0.05, 0) is 11.6 Å². The molecule has 2 amide bonds. The van der Waals surface area contributed by atoms with Crippen LogP contribution in [0.25, 0.3) is 0 Å². The molecule has 0 aliphatic rings. The Morgan fingerprint density at radius 1 is 1.26 bits per heavy atom. The Kier molecular flexibility index (Phi) is 6.13. The van der Waals surface area contributed by atoms with Gasteiger partial charge < -0.3 is 16.4 Å². The summed E-state index contributed by atoms with van der Waals surface area (Å²) in [6.07, 6.45) is 0. The van der Waals surface area contributed by atoms with Crippen molar-refractivity contribution < 1.29 is 9.59 Å². The van der Waals surface area contributed by atoms with Gasteiger partial charge in [0.15, 0.2) is 0 Å². The highest BCUT2D eigenvalue weighted by atomic mass is 16.2. The van der Waals surface area contributed by atoms with E-state index < -0.39 is 0 Å². The molecule has 0 bridgehead atoms. The summed E-state index contributed by atoms with van der Waals surface area (Å²) in [5, 5.41) is 5.15. The molecule has 0 aromatic heterocycles. The number of benzene rings is 1. The highest BCUT2D eigenvalue weighted by Gasteiger charge is 2.04. The molecule has 4 N–H and O–H groups in total. The number of nitrogens with one attached hydrogen (secondary N) is 2. The first kappa shape index (κ1) is 14.7. The fourth-order valence-corrected chi connectivity index (χ4v) is 1.40. The molecule has 0 unspecified atom stereocenters. The predicted octanol–water partition coefficient (Wildman–Crippen LogP) is -0.251. The van der Waals surface area contributed by atoms with Crippen molar-refractivity contribution in [1.82, 2.24) is 10.6 Å². The third kappa shape index (κ3) is 5.70. The van der Waals surface area contributed by atoms with Crippen LogP contribution in [0, 0.1) is 11.8 Å². The molecule has 1 rings (SSSR count). The number of amides is 2. The van der Waals surface area contributed by atoms with Crippen LogP contribution in [-0.2, 0) is 16.1 Å². The van der Waals surface area contributed by atoms with Crippen molar-refractivity contribution in [2.75, 3.05) is 13.1 Å². The summed E-state index contributed by atoms with van der Waals surface area (Å²) in [5.74, 6) is 5.26. The lowest BCUT2D eigenvalue weighted by atomic mass is 10.1. The Bertz CT molecular complexity index is 515. The second kappa shape index (κ2) is 7.90. The maximum Gasteiger partial charge on any atom is 0.239 e. The second-order valence-corrected chi connectivity index (χ2v) is 3.85. The van der Waals surface area contributed by atoms with Gasteiger partial charge in [-0.1, -0.05) is 30.0 Å². The monoisotopic (exact) mass is 259 g/mol. The molecular weight excluding hydrogens is 242 g/mol. The first-order chi connectivity index (χ1) is 9.13. The summed E-state index contributed by atoms with van der Waals surface area (Å²) in [4.78, 5) is 22.1.